The van der Waals surface area contributed by atoms with Crippen LogP contribution < -0.4 is 5.32 Å². The fraction of sp³-hybridized carbons (Fsp3) is 0.538. The van der Waals surface area contributed by atoms with Gasteiger partial charge in [0.1, 0.15) is 0 Å². The van der Waals surface area contributed by atoms with Crippen LogP contribution in [0.5, 0.6) is 0 Å². The Morgan fingerprint density at radius 2 is 2.12 bits per heavy atom. The van der Waals surface area contributed by atoms with Crippen LogP contribution in [0.4, 0.5) is 0 Å². The second-order valence-electron chi connectivity index (χ2n) is 4.78. The van der Waals surface area contributed by atoms with Crippen LogP contribution in [-0.2, 0) is 10.2 Å². The number of hydrogen-bond acceptors (Lipinski definition) is 2. The summed E-state index contributed by atoms with van der Waals surface area (Å²) in [6.07, 6.45) is 2.49. The fourth-order valence-corrected chi connectivity index (χ4v) is 3.21. The van der Waals surface area contributed by atoms with Crippen molar-refractivity contribution in [2.45, 2.75) is 24.3 Å². The lowest BCUT2D eigenvalue weighted by molar-refractivity contribution is -0.0760. The second kappa shape index (κ2) is 4.02. The normalized spacial score (nSPS) is 27.7. The second-order valence-corrected chi connectivity index (χ2v) is 5.18. The largest absolute Gasteiger partial charge is 0.379 e. The molecule has 0 amide bonds. The molecule has 1 unspecified atom stereocenters. The van der Waals surface area contributed by atoms with Crippen LogP contribution in [0.1, 0.15) is 18.4 Å². The van der Waals surface area contributed by atoms with Crippen LogP contribution in [-0.4, -0.2) is 25.8 Å². The van der Waals surface area contributed by atoms with Crippen LogP contribution in [0, 0.1) is 0 Å². The fourth-order valence-electron chi connectivity index (χ4n) is 2.89. The molecule has 1 N–H and O–H groups in total. The Balaban J connectivity index is 1.98. The third kappa shape index (κ3) is 1.48. The van der Waals surface area contributed by atoms with Crippen LogP contribution >= 0.6 is 11.6 Å². The SMILES string of the molecule is Clc1ccccc1C1(C2CCCN2)COC1. The van der Waals surface area contributed by atoms with Crippen molar-refractivity contribution in [3.63, 3.8) is 0 Å². The maximum Gasteiger partial charge on any atom is 0.0601 e. The molecule has 2 heterocycles. The number of rotatable bonds is 2. The zero-order valence-corrected chi connectivity index (χ0v) is 9.96. The first-order valence-corrected chi connectivity index (χ1v) is 6.27. The van der Waals surface area contributed by atoms with Gasteiger partial charge < -0.3 is 10.1 Å². The minimum Gasteiger partial charge on any atom is -0.379 e. The highest BCUT2D eigenvalue weighted by molar-refractivity contribution is 6.31. The van der Waals surface area contributed by atoms with Crippen LogP contribution in [0.15, 0.2) is 24.3 Å². The number of nitrogens with one attached hydrogen (secondary N) is 1. The molecule has 2 aliphatic heterocycles. The van der Waals surface area contributed by atoms with E-state index in [1.807, 2.05) is 12.1 Å². The minimum atomic E-state index is 0.120. The first-order chi connectivity index (χ1) is 7.83. The first-order valence-electron chi connectivity index (χ1n) is 5.89. The van der Waals surface area contributed by atoms with Crippen LogP contribution in [0.2, 0.25) is 5.02 Å². The molecule has 3 heteroatoms. The van der Waals surface area contributed by atoms with Gasteiger partial charge in [0.2, 0.25) is 0 Å². The molecule has 86 valence electrons. The van der Waals surface area contributed by atoms with Crippen molar-refractivity contribution in [2.24, 2.45) is 0 Å². The number of benzene rings is 1. The lowest BCUT2D eigenvalue weighted by atomic mass is 9.72. The molecule has 1 atom stereocenters. The summed E-state index contributed by atoms with van der Waals surface area (Å²) in [5, 5.41) is 4.46. The third-order valence-corrected chi connectivity index (χ3v) is 4.19. The summed E-state index contributed by atoms with van der Waals surface area (Å²) in [5.41, 5.74) is 1.37. The highest BCUT2D eigenvalue weighted by Gasteiger charge is 2.48. The maximum atomic E-state index is 6.32. The van der Waals surface area contributed by atoms with E-state index in [4.69, 9.17) is 16.3 Å². The Bertz CT molecular complexity index is 383. The van der Waals surface area contributed by atoms with Gasteiger partial charge in [-0.25, -0.2) is 0 Å². The molecule has 1 aromatic carbocycles. The molecule has 0 radical (unpaired) electrons. The molecule has 0 aliphatic carbocycles. The number of hydrogen-bond donors (Lipinski definition) is 1. The van der Waals surface area contributed by atoms with Crippen LogP contribution in [0.25, 0.3) is 0 Å². The highest BCUT2D eigenvalue weighted by atomic mass is 35.5. The molecule has 0 saturated carbocycles. The Morgan fingerprint density at radius 3 is 2.69 bits per heavy atom. The predicted molar refractivity (Wildman–Crippen MR) is 65.0 cm³/mol. The monoisotopic (exact) mass is 237 g/mol. The molecule has 16 heavy (non-hydrogen) atoms. The average Bonchev–Trinajstić information content (AvgIpc) is 2.73. The van der Waals surface area contributed by atoms with Crippen molar-refractivity contribution in [2.75, 3.05) is 19.8 Å². The van der Waals surface area contributed by atoms with E-state index >= 15 is 0 Å². The maximum absolute atomic E-state index is 6.32. The molecule has 0 aromatic heterocycles. The van der Waals surface area contributed by atoms with E-state index in [9.17, 15) is 0 Å². The van der Waals surface area contributed by atoms with Gasteiger partial charge >= 0.3 is 0 Å². The van der Waals surface area contributed by atoms with Gasteiger partial charge in [0, 0.05) is 11.1 Å². The summed E-state index contributed by atoms with van der Waals surface area (Å²) in [6, 6.07) is 8.70. The predicted octanol–water partition coefficient (Wildman–Crippen LogP) is 2.36. The van der Waals surface area contributed by atoms with E-state index in [-0.39, 0.29) is 5.41 Å². The van der Waals surface area contributed by atoms with E-state index in [1.54, 1.807) is 0 Å². The van der Waals surface area contributed by atoms with E-state index in [0.717, 1.165) is 24.8 Å². The number of halogens is 1. The molecule has 2 aliphatic rings. The summed E-state index contributed by atoms with van der Waals surface area (Å²) in [5.74, 6) is 0. The van der Waals surface area contributed by atoms with Gasteiger partial charge in [-0.3, -0.25) is 0 Å². The summed E-state index contributed by atoms with van der Waals surface area (Å²) in [4.78, 5) is 0. The summed E-state index contributed by atoms with van der Waals surface area (Å²) in [7, 11) is 0. The molecule has 2 nitrogen and oxygen atoms in total. The quantitative estimate of drug-likeness (QED) is 0.853. The minimum absolute atomic E-state index is 0.120. The lowest BCUT2D eigenvalue weighted by Crippen LogP contribution is -2.58. The Labute approximate surface area is 101 Å². The summed E-state index contributed by atoms with van der Waals surface area (Å²) < 4.78 is 5.46. The molecule has 2 saturated heterocycles. The third-order valence-electron chi connectivity index (χ3n) is 3.86. The molecular weight excluding hydrogens is 222 g/mol. The van der Waals surface area contributed by atoms with Crippen molar-refractivity contribution in [1.29, 1.82) is 0 Å². The van der Waals surface area contributed by atoms with Crippen molar-refractivity contribution < 1.29 is 4.74 Å². The first kappa shape index (κ1) is 10.6. The Kier molecular flexibility index (Phi) is 2.66. The van der Waals surface area contributed by atoms with E-state index < -0.39 is 0 Å². The molecule has 0 spiro atoms. The van der Waals surface area contributed by atoms with Gasteiger partial charge in [-0.2, -0.15) is 0 Å². The van der Waals surface area contributed by atoms with Crippen LogP contribution in [0.3, 0.4) is 0 Å². The summed E-state index contributed by atoms with van der Waals surface area (Å²) >= 11 is 6.32. The van der Waals surface area contributed by atoms with Gasteiger partial charge in [-0.15, -0.1) is 0 Å². The van der Waals surface area contributed by atoms with E-state index in [0.29, 0.717) is 6.04 Å². The molecule has 0 bridgehead atoms. The van der Waals surface area contributed by atoms with E-state index in [1.165, 1.54) is 18.4 Å². The molecule has 3 rings (SSSR count). The topological polar surface area (TPSA) is 21.3 Å². The summed E-state index contributed by atoms with van der Waals surface area (Å²) in [6.45, 7) is 2.72. The number of ether oxygens (including phenoxy) is 1. The highest BCUT2D eigenvalue weighted by Crippen LogP contribution is 2.41. The van der Waals surface area contributed by atoms with Crippen molar-refractivity contribution in [1.82, 2.24) is 5.32 Å². The van der Waals surface area contributed by atoms with Gasteiger partial charge in [0.05, 0.1) is 18.6 Å². The van der Waals surface area contributed by atoms with Gasteiger partial charge in [0.25, 0.3) is 0 Å². The van der Waals surface area contributed by atoms with E-state index in [2.05, 4.69) is 17.4 Å². The molecule has 2 fully saturated rings. The molecule has 1 aromatic rings. The smallest absolute Gasteiger partial charge is 0.0601 e. The van der Waals surface area contributed by atoms with Gasteiger partial charge in [-0.05, 0) is 31.0 Å². The van der Waals surface area contributed by atoms with Gasteiger partial charge in [-0.1, -0.05) is 29.8 Å². The van der Waals surface area contributed by atoms with Crippen molar-refractivity contribution in [3.8, 4) is 0 Å². The zero-order chi connectivity index (χ0) is 11.0. The van der Waals surface area contributed by atoms with Gasteiger partial charge in [0.15, 0.2) is 0 Å². The van der Waals surface area contributed by atoms with Crippen molar-refractivity contribution in [3.05, 3.63) is 34.9 Å². The van der Waals surface area contributed by atoms with Crippen molar-refractivity contribution >= 4 is 11.6 Å². The Morgan fingerprint density at radius 1 is 1.31 bits per heavy atom. The zero-order valence-electron chi connectivity index (χ0n) is 9.21. The lowest BCUT2D eigenvalue weighted by Gasteiger charge is -2.46. The standard InChI is InChI=1S/C13H16ClNO/c14-11-5-2-1-4-10(11)13(8-16-9-13)12-6-3-7-15-12/h1-2,4-5,12,15H,3,6-9H2. The Hall–Kier alpha value is -0.570. The molecular formula is C13H16ClNO. The average molecular weight is 238 g/mol.